The molecule has 0 heterocycles. The Kier molecular flexibility index (Phi) is 5.57. The summed E-state index contributed by atoms with van der Waals surface area (Å²) < 4.78 is 5.18. The number of carbonyl (C=O) groups excluding carboxylic acids is 1. The summed E-state index contributed by atoms with van der Waals surface area (Å²) in [5, 5.41) is 2.84. The molecule has 0 saturated carbocycles. The molecule has 0 aliphatic carbocycles. The fraction of sp³-hybridized carbons (Fsp3) is 0.700. The molecule has 0 atom stereocenters. The Bertz CT molecular complexity index is 246. The van der Waals surface area contributed by atoms with Crippen LogP contribution in [0.3, 0.4) is 0 Å². The molecule has 0 rings (SSSR count). The maximum atomic E-state index is 11.5. The molecule has 0 aromatic carbocycles. The number of nitrogens with zero attached hydrogens (tertiary/aromatic N) is 1. The maximum absolute atomic E-state index is 11.5. The van der Waals surface area contributed by atoms with Crippen LogP contribution in [0.25, 0.3) is 0 Å². The quantitative estimate of drug-likeness (QED) is 0.730. The lowest BCUT2D eigenvalue weighted by molar-refractivity contribution is 0.0316. The highest BCUT2D eigenvalue weighted by molar-refractivity contribution is 7.84. The van der Waals surface area contributed by atoms with Crippen LogP contribution < -0.4 is 5.32 Å². The SMILES string of the molecule is CN/C=C(\S)CN(C)C(=O)OC(C)(C)C. The summed E-state index contributed by atoms with van der Waals surface area (Å²) in [5.41, 5.74) is -0.463. The van der Waals surface area contributed by atoms with Gasteiger partial charge in [-0.25, -0.2) is 4.79 Å². The largest absolute Gasteiger partial charge is 0.444 e. The Morgan fingerprint density at radius 2 is 2.07 bits per heavy atom. The summed E-state index contributed by atoms with van der Waals surface area (Å²) in [4.78, 5) is 13.8. The molecular formula is C10H20N2O2S. The molecule has 15 heavy (non-hydrogen) atoms. The highest BCUT2D eigenvalue weighted by Gasteiger charge is 2.19. The number of carbonyl (C=O) groups is 1. The van der Waals surface area contributed by atoms with Gasteiger partial charge in [0.25, 0.3) is 0 Å². The van der Waals surface area contributed by atoms with E-state index in [1.165, 1.54) is 4.90 Å². The highest BCUT2D eigenvalue weighted by Crippen LogP contribution is 2.10. The Hall–Kier alpha value is -0.840. The van der Waals surface area contributed by atoms with E-state index in [2.05, 4.69) is 17.9 Å². The van der Waals surface area contributed by atoms with E-state index in [4.69, 9.17) is 4.74 Å². The van der Waals surface area contributed by atoms with Crippen molar-refractivity contribution in [3.8, 4) is 0 Å². The number of hydrogen-bond donors (Lipinski definition) is 2. The molecule has 4 nitrogen and oxygen atoms in total. The minimum atomic E-state index is -0.463. The van der Waals surface area contributed by atoms with Gasteiger partial charge in [0.1, 0.15) is 5.60 Å². The van der Waals surface area contributed by atoms with Crippen LogP contribution in [0.2, 0.25) is 0 Å². The Morgan fingerprint density at radius 3 is 2.47 bits per heavy atom. The van der Waals surface area contributed by atoms with Crippen molar-refractivity contribution >= 4 is 18.7 Å². The normalized spacial score (nSPS) is 12.3. The van der Waals surface area contributed by atoms with Crippen LogP contribution in [0.15, 0.2) is 11.1 Å². The number of thiol groups is 1. The lowest BCUT2D eigenvalue weighted by atomic mass is 10.2. The predicted molar refractivity (Wildman–Crippen MR) is 65.0 cm³/mol. The lowest BCUT2D eigenvalue weighted by Gasteiger charge is -2.24. The molecule has 1 N–H and O–H groups in total. The molecule has 0 bridgehead atoms. The van der Waals surface area contributed by atoms with E-state index in [1.807, 2.05) is 20.8 Å². The monoisotopic (exact) mass is 232 g/mol. The molecule has 5 heteroatoms. The van der Waals surface area contributed by atoms with E-state index in [0.717, 1.165) is 4.91 Å². The average molecular weight is 232 g/mol. The zero-order valence-corrected chi connectivity index (χ0v) is 10.9. The molecule has 88 valence electrons. The molecule has 0 spiro atoms. The molecule has 0 aliphatic rings. The van der Waals surface area contributed by atoms with Crippen molar-refractivity contribution in [2.75, 3.05) is 20.6 Å². The number of ether oxygens (including phenoxy) is 1. The number of likely N-dealkylation sites (N-methyl/N-ethyl adjacent to an activating group) is 1. The first-order valence-corrected chi connectivity index (χ1v) is 5.20. The number of amides is 1. The van der Waals surface area contributed by atoms with E-state index in [0.29, 0.717) is 6.54 Å². The van der Waals surface area contributed by atoms with Crippen molar-refractivity contribution in [3.63, 3.8) is 0 Å². The molecule has 0 aromatic heterocycles. The maximum Gasteiger partial charge on any atom is 0.410 e. The summed E-state index contributed by atoms with van der Waals surface area (Å²) in [6.07, 6.45) is 1.38. The van der Waals surface area contributed by atoms with Crippen molar-refractivity contribution in [1.82, 2.24) is 10.2 Å². The van der Waals surface area contributed by atoms with Gasteiger partial charge in [0.05, 0.1) is 6.54 Å². The van der Waals surface area contributed by atoms with Crippen LogP contribution in [0.4, 0.5) is 4.79 Å². The van der Waals surface area contributed by atoms with Gasteiger partial charge in [0.2, 0.25) is 0 Å². The average Bonchev–Trinajstić information content (AvgIpc) is 2.00. The van der Waals surface area contributed by atoms with Crippen molar-refractivity contribution in [2.24, 2.45) is 0 Å². The molecule has 0 fully saturated rings. The molecule has 0 aliphatic heterocycles. The third kappa shape index (κ3) is 7.13. The zero-order chi connectivity index (χ0) is 12.1. The predicted octanol–water partition coefficient (Wildman–Crippen LogP) is 1.84. The second-order valence-corrected chi connectivity index (χ2v) is 4.84. The topological polar surface area (TPSA) is 41.6 Å². The smallest absolute Gasteiger partial charge is 0.410 e. The van der Waals surface area contributed by atoms with Crippen LogP contribution in [0, 0.1) is 0 Å². The molecule has 0 radical (unpaired) electrons. The third-order valence-electron chi connectivity index (χ3n) is 1.42. The number of hydrogen-bond acceptors (Lipinski definition) is 4. The van der Waals surface area contributed by atoms with E-state index in [-0.39, 0.29) is 6.09 Å². The summed E-state index contributed by atoms with van der Waals surface area (Å²) in [6.45, 7) is 5.94. The second-order valence-electron chi connectivity index (χ2n) is 4.26. The minimum absolute atomic E-state index is 0.349. The van der Waals surface area contributed by atoms with Gasteiger partial charge in [-0.05, 0) is 20.8 Å². The first-order chi connectivity index (χ1) is 6.76. The van der Waals surface area contributed by atoms with Crippen LogP contribution in [-0.4, -0.2) is 37.2 Å². The third-order valence-corrected chi connectivity index (χ3v) is 1.69. The van der Waals surface area contributed by atoms with E-state index in [9.17, 15) is 4.79 Å². The van der Waals surface area contributed by atoms with E-state index >= 15 is 0 Å². The second kappa shape index (κ2) is 5.90. The van der Waals surface area contributed by atoms with E-state index < -0.39 is 5.60 Å². The Morgan fingerprint density at radius 1 is 1.53 bits per heavy atom. The molecule has 0 unspecified atom stereocenters. The van der Waals surface area contributed by atoms with Crippen molar-refractivity contribution < 1.29 is 9.53 Å². The van der Waals surface area contributed by atoms with Crippen LogP contribution in [-0.2, 0) is 4.74 Å². The fourth-order valence-corrected chi connectivity index (χ4v) is 1.20. The van der Waals surface area contributed by atoms with Crippen LogP contribution in [0.5, 0.6) is 0 Å². The first kappa shape index (κ1) is 14.2. The first-order valence-electron chi connectivity index (χ1n) is 4.75. The van der Waals surface area contributed by atoms with E-state index in [1.54, 1.807) is 20.3 Å². The van der Waals surface area contributed by atoms with Gasteiger partial charge < -0.3 is 15.0 Å². The van der Waals surface area contributed by atoms with Gasteiger partial charge in [-0.2, -0.15) is 0 Å². The standard InChI is InChI=1S/C10H20N2O2S/c1-10(2,3)14-9(13)12(5)7-8(15)6-11-4/h6,11,15H,7H2,1-5H3/b8-6-. The van der Waals surface area contributed by atoms with Crippen LogP contribution >= 0.6 is 12.6 Å². The van der Waals surface area contributed by atoms with Gasteiger partial charge in [0, 0.05) is 25.2 Å². The summed E-state index contributed by atoms with van der Waals surface area (Å²) in [6, 6.07) is 0. The lowest BCUT2D eigenvalue weighted by Crippen LogP contribution is -2.35. The number of rotatable bonds is 3. The summed E-state index contributed by atoms with van der Waals surface area (Å²) in [7, 11) is 3.46. The molecule has 0 aromatic rings. The van der Waals surface area contributed by atoms with Crippen LogP contribution in [0.1, 0.15) is 20.8 Å². The van der Waals surface area contributed by atoms with Crippen molar-refractivity contribution in [2.45, 2.75) is 26.4 Å². The minimum Gasteiger partial charge on any atom is -0.444 e. The fourth-order valence-electron chi connectivity index (χ4n) is 0.860. The van der Waals surface area contributed by atoms with Gasteiger partial charge >= 0.3 is 6.09 Å². The van der Waals surface area contributed by atoms with Gasteiger partial charge in [-0.15, -0.1) is 12.6 Å². The van der Waals surface area contributed by atoms with Gasteiger partial charge in [-0.1, -0.05) is 0 Å². The molecular weight excluding hydrogens is 212 g/mol. The summed E-state index contributed by atoms with van der Waals surface area (Å²) >= 11 is 4.20. The van der Waals surface area contributed by atoms with Crippen molar-refractivity contribution in [3.05, 3.63) is 11.1 Å². The molecule has 1 amide bonds. The van der Waals surface area contributed by atoms with Gasteiger partial charge in [-0.3, -0.25) is 0 Å². The zero-order valence-electron chi connectivity index (χ0n) is 10.00. The Balaban J connectivity index is 4.17. The number of nitrogens with one attached hydrogen (secondary N) is 1. The Labute approximate surface area is 97.1 Å². The summed E-state index contributed by atoms with van der Waals surface area (Å²) in [5.74, 6) is 0. The highest BCUT2D eigenvalue weighted by atomic mass is 32.1. The molecule has 0 saturated heterocycles. The van der Waals surface area contributed by atoms with Gasteiger partial charge in [0.15, 0.2) is 0 Å². The van der Waals surface area contributed by atoms with Crippen molar-refractivity contribution in [1.29, 1.82) is 0 Å².